The monoisotopic (exact) mass is 591 g/mol. The molecule has 0 unspecified atom stereocenters. The molecule has 6 nitrogen and oxygen atoms in total. The lowest BCUT2D eigenvalue weighted by molar-refractivity contribution is -0.130. The van der Waals surface area contributed by atoms with Gasteiger partial charge in [0.2, 0.25) is 15.9 Å². The van der Waals surface area contributed by atoms with E-state index in [1.165, 1.54) is 4.31 Å². The summed E-state index contributed by atoms with van der Waals surface area (Å²) >= 11 is 0. The van der Waals surface area contributed by atoms with Crippen LogP contribution in [0.3, 0.4) is 0 Å². The smallest absolute Gasteiger partial charge is 0.240 e. The van der Waals surface area contributed by atoms with Gasteiger partial charge in [0, 0.05) is 23.4 Å². The molecule has 7 heteroatoms. The zero-order chi connectivity index (χ0) is 29.6. The number of amides is 1. The predicted molar refractivity (Wildman–Crippen MR) is 166 cm³/mol. The molecule has 4 aliphatic rings. The van der Waals surface area contributed by atoms with Crippen LogP contribution in [0.5, 0.6) is 0 Å². The fraction of sp³-hybridized carbons (Fsp3) is 0.389. The highest BCUT2D eigenvalue weighted by molar-refractivity contribution is 7.90. The van der Waals surface area contributed by atoms with Gasteiger partial charge in [-0.2, -0.15) is 0 Å². The Hall–Kier alpha value is -3.71. The minimum absolute atomic E-state index is 0.0584. The van der Waals surface area contributed by atoms with Gasteiger partial charge in [0.25, 0.3) is 0 Å². The highest BCUT2D eigenvalue weighted by Crippen LogP contribution is 2.70. The van der Waals surface area contributed by atoms with E-state index in [2.05, 4.69) is 97.4 Å². The maximum Gasteiger partial charge on any atom is 0.240 e. The molecule has 8 rings (SSSR count). The first-order valence-corrected chi connectivity index (χ1v) is 17.1. The Kier molecular flexibility index (Phi) is 5.72. The molecule has 4 fully saturated rings. The van der Waals surface area contributed by atoms with E-state index in [0.717, 1.165) is 41.6 Å². The number of aromatic nitrogens is 2. The van der Waals surface area contributed by atoms with Gasteiger partial charge in [-0.1, -0.05) is 105 Å². The first kappa shape index (κ1) is 26.9. The highest BCUT2D eigenvalue weighted by atomic mass is 32.2. The molecular formula is C36H37N3O3S. The van der Waals surface area contributed by atoms with Crippen LogP contribution in [0.4, 0.5) is 0 Å². The molecule has 1 saturated heterocycles. The number of sulfonamides is 1. The van der Waals surface area contributed by atoms with Crippen molar-refractivity contribution in [2.75, 3.05) is 5.75 Å². The molecule has 1 spiro atoms. The van der Waals surface area contributed by atoms with E-state index in [0.29, 0.717) is 12.3 Å². The van der Waals surface area contributed by atoms with Gasteiger partial charge in [0.05, 0.1) is 23.8 Å². The fourth-order valence-electron chi connectivity index (χ4n) is 9.24. The van der Waals surface area contributed by atoms with Crippen molar-refractivity contribution in [3.05, 3.63) is 126 Å². The number of hydrogen-bond acceptors (Lipinski definition) is 4. The van der Waals surface area contributed by atoms with Gasteiger partial charge < -0.3 is 4.57 Å². The van der Waals surface area contributed by atoms with Crippen molar-refractivity contribution in [1.29, 1.82) is 0 Å². The standard InChI is InChI=1S/C36H37N3O3S/c1-34(2)28-18-19-35(34)23-43(41,42)39(32(35)20-28)33(40)30-21-29(30)31-22-38(24-37-31)36(25-12-6-3-7-13-25,26-14-8-4-9-15-26)27-16-10-5-11-17-27/h3-17,22,24,28-30,32H,18-21,23H2,1-2H3/t28-,29-,30-,32-,35-/m1/s1. The summed E-state index contributed by atoms with van der Waals surface area (Å²) in [6.45, 7) is 4.44. The van der Waals surface area contributed by atoms with Gasteiger partial charge in [-0.15, -0.1) is 0 Å². The first-order chi connectivity index (χ1) is 20.7. The predicted octanol–water partition coefficient (Wildman–Crippen LogP) is 6.19. The molecule has 3 aromatic carbocycles. The minimum Gasteiger partial charge on any atom is -0.319 e. The van der Waals surface area contributed by atoms with Gasteiger partial charge in [-0.3, -0.25) is 4.79 Å². The number of hydrogen-bond donors (Lipinski definition) is 0. The maximum atomic E-state index is 14.0. The van der Waals surface area contributed by atoms with Crippen molar-refractivity contribution in [1.82, 2.24) is 13.9 Å². The fourth-order valence-corrected chi connectivity index (χ4v) is 11.8. The molecule has 5 atom stereocenters. The quantitative estimate of drug-likeness (QED) is 0.251. The van der Waals surface area contributed by atoms with E-state index >= 15 is 0 Å². The third-order valence-corrected chi connectivity index (χ3v) is 13.6. The Morgan fingerprint density at radius 1 is 0.860 bits per heavy atom. The average molecular weight is 592 g/mol. The molecular weight excluding hydrogens is 554 g/mol. The number of fused-ring (bicyclic) bond motifs is 1. The molecule has 220 valence electrons. The number of nitrogens with zero attached hydrogens (tertiary/aromatic N) is 3. The maximum absolute atomic E-state index is 14.0. The lowest BCUT2D eigenvalue weighted by Gasteiger charge is -2.37. The van der Waals surface area contributed by atoms with Crippen LogP contribution in [0.1, 0.15) is 67.8 Å². The lowest BCUT2D eigenvalue weighted by atomic mass is 9.69. The lowest BCUT2D eigenvalue weighted by Crippen LogP contribution is -2.44. The molecule has 4 aromatic rings. The molecule has 1 aromatic heterocycles. The van der Waals surface area contributed by atoms with E-state index in [-0.39, 0.29) is 40.4 Å². The van der Waals surface area contributed by atoms with Crippen molar-refractivity contribution >= 4 is 15.9 Å². The van der Waals surface area contributed by atoms with Crippen LogP contribution in [-0.2, 0) is 20.4 Å². The summed E-state index contributed by atoms with van der Waals surface area (Å²) in [7, 11) is -3.64. The normalized spacial score (nSPS) is 29.9. The van der Waals surface area contributed by atoms with Crippen LogP contribution >= 0.6 is 0 Å². The summed E-state index contributed by atoms with van der Waals surface area (Å²) < 4.78 is 30.6. The van der Waals surface area contributed by atoms with Crippen LogP contribution in [-0.4, -0.2) is 40.0 Å². The van der Waals surface area contributed by atoms with E-state index in [9.17, 15) is 13.2 Å². The second kappa shape index (κ2) is 9.15. The van der Waals surface area contributed by atoms with Crippen molar-refractivity contribution in [3.63, 3.8) is 0 Å². The first-order valence-electron chi connectivity index (χ1n) is 15.5. The van der Waals surface area contributed by atoms with Crippen LogP contribution in [0.15, 0.2) is 104 Å². The Bertz CT molecular complexity index is 1710. The zero-order valence-electron chi connectivity index (χ0n) is 24.6. The van der Waals surface area contributed by atoms with Crippen molar-refractivity contribution in [3.8, 4) is 0 Å². The van der Waals surface area contributed by atoms with Crippen LogP contribution in [0.2, 0.25) is 0 Å². The van der Waals surface area contributed by atoms with Gasteiger partial charge in [0.15, 0.2) is 0 Å². The molecule has 3 saturated carbocycles. The summed E-state index contributed by atoms with van der Waals surface area (Å²) in [6.07, 6.45) is 7.35. The second-order valence-corrected chi connectivity index (χ2v) is 15.6. The second-order valence-electron chi connectivity index (χ2n) is 13.7. The topological polar surface area (TPSA) is 72.3 Å². The number of benzene rings is 3. The molecule has 1 aliphatic heterocycles. The highest BCUT2D eigenvalue weighted by Gasteiger charge is 2.73. The largest absolute Gasteiger partial charge is 0.319 e. The van der Waals surface area contributed by atoms with Gasteiger partial charge in [-0.05, 0) is 53.7 Å². The van der Waals surface area contributed by atoms with E-state index < -0.39 is 15.6 Å². The Morgan fingerprint density at radius 2 is 1.42 bits per heavy atom. The van der Waals surface area contributed by atoms with Gasteiger partial charge >= 0.3 is 0 Å². The molecule has 43 heavy (non-hydrogen) atoms. The van der Waals surface area contributed by atoms with Crippen molar-refractivity contribution < 1.29 is 13.2 Å². The minimum atomic E-state index is -3.64. The van der Waals surface area contributed by atoms with Gasteiger partial charge in [0.1, 0.15) is 5.54 Å². The van der Waals surface area contributed by atoms with Crippen molar-refractivity contribution in [2.45, 2.75) is 57.0 Å². The number of carbonyl (C=O) groups is 1. The summed E-state index contributed by atoms with van der Waals surface area (Å²) in [5.41, 5.74) is 3.11. The summed E-state index contributed by atoms with van der Waals surface area (Å²) in [5.74, 6) is -0.0665. The number of rotatable bonds is 6. The third kappa shape index (κ3) is 3.60. The van der Waals surface area contributed by atoms with E-state index in [4.69, 9.17) is 4.98 Å². The zero-order valence-corrected chi connectivity index (χ0v) is 25.5. The third-order valence-electron chi connectivity index (χ3n) is 11.7. The van der Waals surface area contributed by atoms with Crippen LogP contribution < -0.4 is 0 Å². The van der Waals surface area contributed by atoms with Gasteiger partial charge in [-0.25, -0.2) is 17.7 Å². The number of carbonyl (C=O) groups excluding carboxylic acids is 1. The molecule has 1 amide bonds. The Labute approximate surface area is 253 Å². The molecule has 2 heterocycles. The van der Waals surface area contributed by atoms with E-state index in [1.807, 2.05) is 24.5 Å². The average Bonchev–Trinajstić information content (AvgIpc) is 3.41. The Morgan fingerprint density at radius 3 is 1.95 bits per heavy atom. The Balaban J connectivity index is 1.16. The molecule has 3 aliphatic carbocycles. The summed E-state index contributed by atoms with van der Waals surface area (Å²) in [5, 5.41) is 0. The summed E-state index contributed by atoms with van der Waals surface area (Å²) in [6, 6.07) is 31.1. The van der Waals surface area contributed by atoms with Crippen LogP contribution in [0, 0.1) is 22.7 Å². The molecule has 2 bridgehead atoms. The molecule has 0 N–H and O–H groups in total. The summed E-state index contributed by atoms with van der Waals surface area (Å²) in [4.78, 5) is 18.9. The van der Waals surface area contributed by atoms with Crippen molar-refractivity contribution in [2.24, 2.45) is 22.7 Å². The number of imidazole rings is 1. The van der Waals surface area contributed by atoms with Crippen LogP contribution in [0.25, 0.3) is 0 Å². The SMILES string of the molecule is CC1(C)[C@@H]2CC[C@]13CS(=O)(=O)N(C(=O)[C@@H]1C[C@H]1c1cn(C(c4ccccc4)(c4ccccc4)c4ccccc4)cn1)[C@@H]3C2. The van der Waals surface area contributed by atoms with E-state index in [1.54, 1.807) is 0 Å². The molecule has 0 radical (unpaired) electrons.